The first-order valence-corrected chi connectivity index (χ1v) is 13.1. The van der Waals surface area contributed by atoms with Crippen molar-refractivity contribution in [1.29, 1.82) is 0 Å². The minimum absolute atomic E-state index is 0.0321. The molecule has 2 aliphatic rings. The third-order valence-corrected chi connectivity index (χ3v) is 8.03. The summed E-state index contributed by atoms with van der Waals surface area (Å²) in [5.74, 6) is -0.194. The van der Waals surface area contributed by atoms with Gasteiger partial charge in [0.25, 0.3) is 5.91 Å². The minimum atomic E-state index is -0.600. The summed E-state index contributed by atoms with van der Waals surface area (Å²) < 4.78 is 22.3. The highest BCUT2D eigenvalue weighted by Gasteiger charge is 2.33. The largest absolute Gasteiger partial charge is 0.383 e. The number of thiazole rings is 1. The van der Waals surface area contributed by atoms with Crippen molar-refractivity contribution in [3.05, 3.63) is 57.8 Å². The lowest BCUT2D eigenvalue weighted by atomic mass is 9.99. The van der Waals surface area contributed by atoms with Gasteiger partial charge in [0.2, 0.25) is 0 Å². The van der Waals surface area contributed by atoms with Gasteiger partial charge in [-0.25, -0.2) is 19.4 Å². The van der Waals surface area contributed by atoms with Crippen LogP contribution >= 0.6 is 11.3 Å². The maximum Gasteiger partial charge on any atom is 0.275 e. The van der Waals surface area contributed by atoms with Crippen molar-refractivity contribution in [1.82, 2.24) is 15.0 Å². The Morgan fingerprint density at radius 2 is 2.03 bits per heavy atom. The second-order valence-corrected chi connectivity index (χ2v) is 10.9. The molecule has 36 heavy (non-hydrogen) atoms. The molecule has 4 aromatic rings. The number of hydrazine groups is 1. The van der Waals surface area contributed by atoms with Crippen molar-refractivity contribution >= 4 is 49.9 Å². The number of nitrogens with two attached hydrogens (primary N) is 1. The lowest BCUT2D eigenvalue weighted by Gasteiger charge is -2.36. The molecular formula is C27H28FN5O2S. The monoisotopic (exact) mass is 505 g/mol. The Hall–Kier alpha value is -3.30. The number of hydrogen-bond acceptors (Lipinski definition) is 7. The Kier molecular flexibility index (Phi) is 5.57. The summed E-state index contributed by atoms with van der Waals surface area (Å²) in [6.45, 7) is 7.38. The Morgan fingerprint density at radius 1 is 1.22 bits per heavy atom. The average molecular weight is 506 g/mol. The quantitative estimate of drug-likeness (QED) is 0.336. The van der Waals surface area contributed by atoms with E-state index in [1.807, 2.05) is 37.9 Å². The number of benzene rings is 2. The van der Waals surface area contributed by atoms with E-state index in [-0.39, 0.29) is 17.6 Å². The fourth-order valence-corrected chi connectivity index (χ4v) is 5.97. The number of pyridine rings is 1. The molecule has 6 rings (SSSR count). The molecule has 9 heteroatoms. The smallest absolute Gasteiger partial charge is 0.275 e. The number of carbonyl (C=O) groups excluding carboxylic acids is 1. The maximum absolute atomic E-state index is 15.4. The number of carbonyl (C=O) groups is 1. The standard InChI is InChI=1S/C27H28FN5O2S/c1-4-32(17-7-8-22-24(9-17)36-15(3)30-22)33(12-16-5-6-16)27(34)19-10-18-20-13-35-14(2)25(20)26(29)31-23(18)11-21(19)28/h7-11,14,16H,4-6,12-13H2,1-3H3,(H2,29,31)/t14-/m1/s1. The van der Waals surface area contributed by atoms with Crippen molar-refractivity contribution in [2.45, 2.75) is 46.3 Å². The van der Waals surface area contributed by atoms with Crippen molar-refractivity contribution in [3.8, 4) is 0 Å². The molecule has 1 atom stereocenters. The molecule has 1 saturated carbocycles. The van der Waals surface area contributed by atoms with E-state index in [0.717, 1.165) is 44.9 Å². The van der Waals surface area contributed by atoms with E-state index in [2.05, 4.69) is 16.0 Å². The van der Waals surface area contributed by atoms with Gasteiger partial charge in [-0.05, 0) is 69.4 Å². The molecule has 1 fully saturated rings. The van der Waals surface area contributed by atoms with Gasteiger partial charge in [-0.2, -0.15) is 0 Å². The number of nitrogens with zero attached hydrogens (tertiary/aromatic N) is 4. The SMILES string of the molecule is CCN(c1ccc2nc(C)sc2c1)N(CC1CC1)C(=O)c1cc2c3c(c(N)nc2cc1F)[C@@H](C)OC3. The van der Waals surface area contributed by atoms with E-state index < -0.39 is 5.82 Å². The first-order chi connectivity index (χ1) is 17.3. The van der Waals surface area contributed by atoms with E-state index in [1.54, 1.807) is 22.4 Å². The first kappa shape index (κ1) is 23.1. The van der Waals surface area contributed by atoms with Crippen LogP contribution in [0.3, 0.4) is 0 Å². The van der Waals surface area contributed by atoms with Gasteiger partial charge < -0.3 is 10.5 Å². The molecule has 1 amide bonds. The van der Waals surface area contributed by atoms with E-state index in [4.69, 9.17) is 10.5 Å². The van der Waals surface area contributed by atoms with E-state index in [0.29, 0.717) is 42.3 Å². The number of anilines is 2. The number of hydrogen-bond donors (Lipinski definition) is 1. The molecule has 2 aromatic carbocycles. The average Bonchev–Trinajstić information content (AvgIpc) is 3.46. The zero-order valence-electron chi connectivity index (χ0n) is 20.5. The Bertz CT molecular complexity index is 1520. The number of aromatic nitrogens is 2. The number of rotatable bonds is 6. The van der Waals surface area contributed by atoms with Crippen LogP contribution in [-0.2, 0) is 11.3 Å². The van der Waals surface area contributed by atoms with E-state index >= 15 is 4.39 Å². The van der Waals surface area contributed by atoms with Crippen LogP contribution in [0.1, 0.15) is 59.3 Å². The van der Waals surface area contributed by atoms with E-state index in [9.17, 15) is 4.79 Å². The van der Waals surface area contributed by atoms with Crippen LogP contribution in [0.25, 0.3) is 21.1 Å². The van der Waals surface area contributed by atoms with Crippen LogP contribution in [0.2, 0.25) is 0 Å². The summed E-state index contributed by atoms with van der Waals surface area (Å²) in [5.41, 5.74) is 10.2. The van der Waals surface area contributed by atoms with Gasteiger partial charge in [-0.3, -0.25) is 9.80 Å². The number of amides is 1. The van der Waals surface area contributed by atoms with Gasteiger partial charge in [0.05, 0.1) is 44.7 Å². The van der Waals surface area contributed by atoms with Gasteiger partial charge in [-0.15, -0.1) is 11.3 Å². The number of nitrogen functional groups attached to an aromatic ring is 1. The molecular weight excluding hydrogens is 477 g/mol. The molecule has 7 nitrogen and oxygen atoms in total. The molecule has 1 aliphatic heterocycles. The summed E-state index contributed by atoms with van der Waals surface area (Å²) in [6.07, 6.45) is 1.95. The fraction of sp³-hybridized carbons (Fsp3) is 0.370. The molecule has 3 heterocycles. The van der Waals surface area contributed by atoms with Crippen molar-refractivity contribution in [3.63, 3.8) is 0 Å². The van der Waals surface area contributed by atoms with Gasteiger partial charge in [0.15, 0.2) is 0 Å². The maximum atomic E-state index is 15.4. The molecule has 0 saturated heterocycles. The van der Waals surface area contributed by atoms with Gasteiger partial charge in [0, 0.05) is 30.1 Å². The molecule has 186 valence electrons. The van der Waals surface area contributed by atoms with Crippen LogP contribution in [0, 0.1) is 18.7 Å². The molecule has 0 bridgehead atoms. The van der Waals surface area contributed by atoms with Crippen LogP contribution in [0.5, 0.6) is 0 Å². The van der Waals surface area contributed by atoms with Crippen LogP contribution in [-0.4, -0.2) is 34.0 Å². The zero-order valence-corrected chi connectivity index (χ0v) is 21.4. The highest BCUT2D eigenvalue weighted by molar-refractivity contribution is 7.18. The molecule has 1 aliphatic carbocycles. The Morgan fingerprint density at radius 3 is 2.78 bits per heavy atom. The lowest BCUT2D eigenvalue weighted by molar-refractivity contribution is 0.0722. The van der Waals surface area contributed by atoms with Crippen molar-refractivity contribution in [2.75, 3.05) is 23.8 Å². The van der Waals surface area contributed by atoms with Gasteiger partial charge >= 0.3 is 0 Å². The van der Waals surface area contributed by atoms with Gasteiger partial charge in [0.1, 0.15) is 11.6 Å². The molecule has 2 aromatic heterocycles. The summed E-state index contributed by atoms with van der Waals surface area (Å²) in [5, 5.41) is 5.37. The Balaban J connectivity index is 1.44. The topological polar surface area (TPSA) is 84.6 Å². The normalized spacial score (nSPS) is 17.1. The first-order valence-electron chi connectivity index (χ1n) is 12.3. The summed E-state index contributed by atoms with van der Waals surface area (Å²) in [7, 11) is 0. The molecule has 0 unspecified atom stereocenters. The zero-order chi connectivity index (χ0) is 25.1. The Labute approximate surface area is 212 Å². The van der Waals surface area contributed by atoms with Gasteiger partial charge in [-0.1, -0.05) is 0 Å². The predicted octanol–water partition coefficient (Wildman–Crippen LogP) is 5.76. The second-order valence-electron chi connectivity index (χ2n) is 9.62. The van der Waals surface area contributed by atoms with Crippen molar-refractivity contribution < 1.29 is 13.9 Å². The number of aryl methyl sites for hydroxylation is 1. The highest BCUT2D eigenvalue weighted by atomic mass is 32.1. The molecule has 0 radical (unpaired) electrons. The fourth-order valence-electron chi connectivity index (χ4n) is 5.11. The minimum Gasteiger partial charge on any atom is -0.383 e. The second kappa shape index (κ2) is 8.67. The number of ether oxygens (including phenoxy) is 1. The summed E-state index contributed by atoms with van der Waals surface area (Å²) in [6, 6.07) is 8.97. The van der Waals surface area contributed by atoms with Crippen LogP contribution in [0.15, 0.2) is 30.3 Å². The summed E-state index contributed by atoms with van der Waals surface area (Å²) >= 11 is 1.62. The number of halogens is 1. The third kappa shape index (κ3) is 3.87. The lowest BCUT2D eigenvalue weighted by Crippen LogP contribution is -2.48. The highest BCUT2D eigenvalue weighted by Crippen LogP contribution is 2.39. The molecule has 2 N–H and O–H groups in total. The number of fused-ring (bicyclic) bond motifs is 4. The predicted molar refractivity (Wildman–Crippen MR) is 140 cm³/mol. The van der Waals surface area contributed by atoms with Crippen LogP contribution in [0.4, 0.5) is 15.9 Å². The van der Waals surface area contributed by atoms with Crippen molar-refractivity contribution in [2.24, 2.45) is 5.92 Å². The third-order valence-electron chi connectivity index (χ3n) is 7.10. The van der Waals surface area contributed by atoms with Crippen LogP contribution < -0.4 is 10.7 Å². The van der Waals surface area contributed by atoms with E-state index in [1.165, 1.54) is 6.07 Å². The molecule has 0 spiro atoms. The summed E-state index contributed by atoms with van der Waals surface area (Å²) in [4.78, 5) is 23.0.